The van der Waals surface area contributed by atoms with Crippen LogP contribution in [-0.2, 0) is 4.79 Å². The number of carbonyl (C=O) groups excluding carboxylic acids is 1. The van der Waals surface area contributed by atoms with Crippen LogP contribution >= 0.6 is 0 Å². The summed E-state index contributed by atoms with van der Waals surface area (Å²) in [6.45, 7) is 5.01. The van der Waals surface area contributed by atoms with E-state index in [0.29, 0.717) is 23.6 Å². The minimum absolute atomic E-state index is 0.320. The topological polar surface area (TPSA) is 83.6 Å². The largest absolute Gasteiger partial charge is 0.480 e. The van der Waals surface area contributed by atoms with Crippen LogP contribution in [0, 0.1) is 13.8 Å². The van der Waals surface area contributed by atoms with E-state index in [4.69, 9.17) is 9.63 Å². The van der Waals surface area contributed by atoms with Crippen molar-refractivity contribution in [2.75, 3.05) is 13.1 Å². The summed E-state index contributed by atoms with van der Waals surface area (Å²) in [7, 11) is 0. The standard InChI is InChI=1S/C10H14N2O4/c1-4-12(5-8(13)14)10(15)9-6(2)11-16-7(9)3/h4-5H2,1-3H3,(H,13,14). The Balaban J connectivity index is 2.95. The first kappa shape index (κ1) is 12.2. The van der Waals surface area contributed by atoms with E-state index in [1.807, 2.05) is 0 Å². The lowest BCUT2D eigenvalue weighted by Gasteiger charge is -2.17. The fraction of sp³-hybridized carbons (Fsp3) is 0.500. The maximum Gasteiger partial charge on any atom is 0.323 e. The first-order valence-electron chi connectivity index (χ1n) is 4.91. The summed E-state index contributed by atoms with van der Waals surface area (Å²) in [4.78, 5) is 23.8. The second kappa shape index (κ2) is 4.78. The van der Waals surface area contributed by atoms with Crippen molar-refractivity contribution in [1.82, 2.24) is 10.1 Å². The lowest BCUT2D eigenvalue weighted by atomic mass is 10.2. The molecule has 0 fully saturated rings. The van der Waals surface area contributed by atoms with E-state index in [9.17, 15) is 9.59 Å². The van der Waals surface area contributed by atoms with Crippen molar-refractivity contribution in [2.45, 2.75) is 20.8 Å². The summed E-state index contributed by atoms with van der Waals surface area (Å²) < 4.78 is 4.87. The zero-order valence-electron chi connectivity index (χ0n) is 9.48. The number of amides is 1. The van der Waals surface area contributed by atoms with E-state index in [1.165, 1.54) is 4.90 Å². The number of likely N-dealkylation sites (N-methyl/N-ethyl adjacent to an activating group) is 1. The molecule has 1 aromatic rings. The molecule has 0 aliphatic carbocycles. The molecule has 1 aromatic heterocycles. The minimum atomic E-state index is -1.04. The van der Waals surface area contributed by atoms with Crippen LogP contribution in [-0.4, -0.2) is 40.1 Å². The highest BCUT2D eigenvalue weighted by molar-refractivity contribution is 5.97. The molecule has 0 saturated carbocycles. The van der Waals surface area contributed by atoms with Crippen LogP contribution in [0.5, 0.6) is 0 Å². The molecule has 0 bridgehead atoms. The molecule has 0 aliphatic heterocycles. The van der Waals surface area contributed by atoms with Gasteiger partial charge in [-0.15, -0.1) is 0 Å². The van der Waals surface area contributed by atoms with E-state index in [-0.39, 0.29) is 12.5 Å². The molecule has 1 N–H and O–H groups in total. The van der Waals surface area contributed by atoms with Crippen molar-refractivity contribution in [1.29, 1.82) is 0 Å². The average molecular weight is 226 g/mol. The molecule has 6 nitrogen and oxygen atoms in total. The van der Waals surface area contributed by atoms with Crippen molar-refractivity contribution in [3.63, 3.8) is 0 Å². The first-order valence-corrected chi connectivity index (χ1v) is 4.91. The van der Waals surface area contributed by atoms with Crippen LogP contribution in [0.1, 0.15) is 28.7 Å². The summed E-state index contributed by atoms with van der Waals surface area (Å²) in [6, 6.07) is 0. The number of carbonyl (C=O) groups is 2. The molecule has 0 saturated heterocycles. The van der Waals surface area contributed by atoms with Crippen LogP contribution < -0.4 is 0 Å². The fourth-order valence-corrected chi connectivity index (χ4v) is 1.44. The maximum absolute atomic E-state index is 12.0. The second-order valence-electron chi connectivity index (χ2n) is 3.41. The Morgan fingerprint density at radius 3 is 2.44 bits per heavy atom. The van der Waals surface area contributed by atoms with Gasteiger partial charge < -0.3 is 14.5 Å². The molecule has 1 heterocycles. The van der Waals surface area contributed by atoms with Gasteiger partial charge in [0.05, 0.1) is 5.69 Å². The quantitative estimate of drug-likeness (QED) is 0.822. The zero-order valence-corrected chi connectivity index (χ0v) is 9.48. The highest BCUT2D eigenvalue weighted by Crippen LogP contribution is 2.14. The highest BCUT2D eigenvalue weighted by Gasteiger charge is 2.23. The summed E-state index contributed by atoms with van der Waals surface area (Å²) in [5.74, 6) is -0.991. The van der Waals surface area contributed by atoms with Crippen molar-refractivity contribution in [3.8, 4) is 0 Å². The Kier molecular flexibility index (Phi) is 3.65. The predicted octanol–water partition coefficient (Wildman–Crippen LogP) is 0.838. The number of aromatic nitrogens is 1. The molecule has 1 amide bonds. The molecule has 88 valence electrons. The van der Waals surface area contributed by atoms with Gasteiger partial charge in [-0.25, -0.2) is 0 Å². The fourth-order valence-electron chi connectivity index (χ4n) is 1.44. The lowest BCUT2D eigenvalue weighted by Crippen LogP contribution is -2.35. The van der Waals surface area contributed by atoms with Crippen molar-refractivity contribution in [2.24, 2.45) is 0 Å². The van der Waals surface area contributed by atoms with Gasteiger partial charge >= 0.3 is 5.97 Å². The first-order chi connectivity index (χ1) is 7.47. The van der Waals surface area contributed by atoms with E-state index >= 15 is 0 Å². The van der Waals surface area contributed by atoms with Crippen LogP contribution in [0.25, 0.3) is 0 Å². The minimum Gasteiger partial charge on any atom is -0.480 e. The molecule has 0 aliphatic rings. The van der Waals surface area contributed by atoms with Gasteiger partial charge in [-0.3, -0.25) is 9.59 Å². The average Bonchev–Trinajstić information content (AvgIpc) is 2.54. The molecule has 16 heavy (non-hydrogen) atoms. The molecule has 0 unspecified atom stereocenters. The molecule has 0 aromatic carbocycles. The third-order valence-electron chi connectivity index (χ3n) is 2.24. The number of hydrogen-bond acceptors (Lipinski definition) is 4. The Hall–Kier alpha value is -1.85. The molecule has 6 heteroatoms. The normalized spacial score (nSPS) is 10.2. The molecule has 0 atom stereocenters. The van der Waals surface area contributed by atoms with E-state index in [1.54, 1.807) is 20.8 Å². The van der Waals surface area contributed by atoms with Gasteiger partial charge in [-0.05, 0) is 20.8 Å². The van der Waals surface area contributed by atoms with Crippen molar-refractivity contribution in [3.05, 3.63) is 17.0 Å². The second-order valence-corrected chi connectivity index (χ2v) is 3.41. The maximum atomic E-state index is 12.0. The van der Waals surface area contributed by atoms with E-state index in [2.05, 4.69) is 5.16 Å². The summed E-state index contributed by atoms with van der Waals surface area (Å²) >= 11 is 0. The Morgan fingerprint density at radius 2 is 2.06 bits per heavy atom. The molecular weight excluding hydrogens is 212 g/mol. The smallest absolute Gasteiger partial charge is 0.323 e. The predicted molar refractivity (Wildman–Crippen MR) is 55.2 cm³/mol. The Morgan fingerprint density at radius 1 is 1.44 bits per heavy atom. The van der Waals surface area contributed by atoms with E-state index < -0.39 is 5.97 Å². The molecular formula is C10H14N2O4. The number of nitrogens with zero attached hydrogens (tertiary/aromatic N) is 2. The van der Waals surface area contributed by atoms with Crippen LogP contribution in [0.4, 0.5) is 0 Å². The Bertz CT molecular complexity index is 391. The van der Waals surface area contributed by atoms with Gasteiger partial charge in [-0.1, -0.05) is 5.16 Å². The number of carboxylic acids is 1. The van der Waals surface area contributed by atoms with Gasteiger partial charge in [0.2, 0.25) is 0 Å². The number of aryl methyl sites for hydroxylation is 2. The lowest BCUT2D eigenvalue weighted by molar-refractivity contribution is -0.137. The molecule has 0 radical (unpaired) electrons. The van der Waals surface area contributed by atoms with Crippen LogP contribution in [0.15, 0.2) is 4.52 Å². The van der Waals surface area contributed by atoms with Gasteiger partial charge in [0.1, 0.15) is 17.9 Å². The highest BCUT2D eigenvalue weighted by atomic mass is 16.5. The summed E-state index contributed by atoms with van der Waals surface area (Å²) in [5, 5.41) is 12.3. The van der Waals surface area contributed by atoms with E-state index in [0.717, 1.165) is 0 Å². The van der Waals surface area contributed by atoms with Crippen LogP contribution in [0.2, 0.25) is 0 Å². The zero-order chi connectivity index (χ0) is 12.3. The van der Waals surface area contributed by atoms with Gasteiger partial charge in [-0.2, -0.15) is 0 Å². The number of carboxylic acid groups (broad SMARTS) is 1. The number of hydrogen-bond donors (Lipinski definition) is 1. The monoisotopic (exact) mass is 226 g/mol. The van der Waals surface area contributed by atoms with Gasteiger partial charge in [0.15, 0.2) is 0 Å². The third-order valence-corrected chi connectivity index (χ3v) is 2.24. The summed E-state index contributed by atoms with van der Waals surface area (Å²) in [5.41, 5.74) is 0.828. The van der Waals surface area contributed by atoms with Gasteiger partial charge in [0.25, 0.3) is 5.91 Å². The van der Waals surface area contributed by atoms with Crippen molar-refractivity contribution < 1.29 is 19.2 Å². The van der Waals surface area contributed by atoms with Crippen LogP contribution in [0.3, 0.4) is 0 Å². The SMILES string of the molecule is CCN(CC(=O)O)C(=O)c1c(C)noc1C. The Labute approximate surface area is 92.8 Å². The molecule has 0 spiro atoms. The van der Waals surface area contributed by atoms with Crippen molar-refractivity contribution >= 4 is 11.9 Å². The van der Waals surface area contributed by atoms with Gasteiger partial charge in [0, 0.05) is 6.54 Å². The molecule has 1 rings (SSSR count). The number of aliphatic carboxylic acids is 1. The summed E-state index contributed by atoms with van der Waals surface area (Å²) in [6.07, 6.45) is 0. The number of rotatable bonds is 4. The third kappa shape index (κ3) is 2.39.